The Morgan fingerprint density at radius 1 is 1.44 bits per heavy atom. The molecule has 0 amide bonds. The van der Waals surface area contributed by atoms with Gasteiger partial charge in [-0.1, -0.05) is 15.9 Å². The summed E-state index contributed by atoms with van der Waals surface area (Å²) in [5.41, 5.74) is 6.78. The Bertz CT molecular complexity index is 409. The van der Waals surface area contributed by atoms with Crippen molar-refractivity contribution in [3.63, 3.8) is 0 Å². The lowest BCUT2D eigenvalue weighted by Gasteiger charge is -2.11. The molecule has 2 N–H and O–H groups in total. The maximum atomic E-state index is 11.2. The van der Waals surface area contributed by atoms with E-state index >= 15 is 0 Å². The molecule has 5 heteroatoms. The second kappa shape index (κ2) is 7.38. The molecule has 18 heavy (non-hydrogen) atoms. The van der Waals surface area contributed by atoms with Crippen LogP contribution in [-0.2, 0) is 16.0 Å². The Balaban J connectivity index is 2.53. The van der Waals surface area contributed by atoms with Crippen molar-refractivity contribution in [3.05, 3.63) is 28.2 Å². The quantitative estimate of drug-likeness (QED) is 0.818. The zero-order valence-electron chi connectivity index (χ0n) is 10.6. The lowest BCUT2D eigenvalue weighted by Crippen LogP contribution is -2.31. The van der Waals surface area contributed by atoms with Crippen molar-refractivity contribution in [1.29, 1.82) is 0 Å². The van der Waals surface area contributed by atoms with E-state index in [4.69, 9.17) is 10.5 Å². The first-order chi connectivity index (χ1) is 8.58. The van der Waals surface area contributed by atoms with Crippen LogP contribution < -0.4 is 10.5 Å². The highest BCUT2D eigenvalue weighted by molar-refractivity contribution is 9.10. The third-order valence-corrected chi connectivity index (χ3v) is 3.20. The van der Waals surface area contributed by atoms with Crippen molar-refractivity contribution in [3.8, 4) is 5.75 Å². The van der Waals surface area contributed by atoms with Gasteiger partial charge in [0.25, 0.3) is 0 Å². The summed E-state index contributed by atoms with van der Waals surface area (Å²) >= 11 is 3.43. The highest BCUT2D eigenvalue weighted by Crippen LogP contribution is 2.24. The number of hydrogen-bond acceptors (Lipinski definition) is 4. The molecule has 0 aromatic heterocycles. The number of carbonyl (C=O) groups excluding carboxylic acids is 1. The normalized spacial score (nSPS) is 12.0. The van der Waals surface area contributed by atoms with E-state index in [0.29, 0.717) is 6.42 Å². The number of carbonyl (C=O) groups is 1. The van der Waals surface area contributed by atoms with Crippen LogP contribution in [0.3, 0.4) is 0 Å². The Labute approximate surface area is 116 Å². The van der Waals surface area contributed by atoms with Gasteiger partial charge in [-0.2, -0.15) is 0 Å². The van der Waals surface area contributed by atoms with E-state index in [-0.39, 0.29) is 5.97 Å². The fourth-order valence-electron chi connectivity index (χ4n) is 1.72. The van der Waals surface area contributed by atoms with E-state index < -0.39 is 6.04 Å². The minimum Gasteiger partial charge on any atom is -0.496 e. The molecule has 1 aromatic rings. The summed E-state index contributed by atoms with van der Waals surface area (Å²) in [6, 6.07) is 5.32. The summed E-state index contributed by atoms with van der Waals surface area (Å²) in [7, 11) is 2.99. The van der Waals surface area contributed by atoms with Crippen molar-refractivity contribution >= 4 is 21.9 Å². The van der Waals surface area contributed by atoms with Gasteiger partial charge in [-0.3, -0.25) is 4.79 Å². The standard InChI is InChI=1S/C13H18BrNO3/c1-17-12-7-6-10(14)8-9(12)4-3-5-11(15)13(16)18-2/h6-8,11H,3-5,15H2,1-2H3. The van der Waals surface area contributed by atoms with Gasteiger partial charge in [0.15, 0.2) is 0 Å². The molecule has 0 fully saturated rings. The number of aryl methyl sites for hydroxylation is 1. The van der Waals surface area contributed by atoms with Gasteiger partial charge in [-0.05, 0) is 43.0 Å². The first kappa shape index (κ1) is 15.0. The molecule has 0 spiro atoms. The van der Waals surface area contributed by atoms with Crippen molar-refractivity contribution < 1.29 is 14.3 Å². The molecule has 0 bridgehead atoms. The third-order valence-electron chi connectivity index (χ3n) is 2.71. The third kappa shape index (κ3) is 4.31. The first-order valence-corrected chi connectivity index (χ1v) is 6.53. The summed E-state index contributed by atoms with van der Waals surface area (Å²) in [6.45, 7) is 0. The molecule has 0 aliphatic heterocycles. The van der Waals surface area contributed by atoms with Crippen LogP contribution in [-0.4, -0.2) is 26.2 Å². The fraction of sp³-hybridized carbons (Fsp3) is 0.462. The number of methoxy groups -OCH3 is 2. The van der Waals surface area contributed by atoms with Gasteiger partial charge >= 0.3 is 5.97 Å². The summed E-state index contributed by atoms with van der Waals surface area (Å²) in [6.07, 6.45) is 2.22. The van der Waals surface area contributed by atoms with Crippen LogP contribution in [0.5, 0.6) is 5.75 Å². The Hall–Kier alpha value is -1.07. The number of rotatable bonds is 6. The molecule has 100 valence electrons. The van der Waals surface area contributed by atoms with Gasteiger partial charge < -0.3 is 15.2 Å². The van der Waals surface area contributed by atoms with Crippen molar-refractivity contribution in [2.24, 2.45) is 5.73 Å². The molecule has 1 unspecified atom stereocenters. The summed E-state index contributed by atoms with van der Waals surface area (Å²) in [5.74, 6) is 0.487. The smallest absolute Gasteiger partial charge is 0.322 e. The van der Waals surface area contributed by atoms with Crippen molar-refractivity contribution in [1.82, 2.24) is 0 Å². The molecule has 0 heterocycles. The Morgan fingerprint density at radius 2 is 2.17 bits per heavy atom. The summed E-state index contributed by atoms with van der Waals surface area (Å²) < 4.78 is 10.9. The number of nitrogens with two attached hydrogens (primary N) is 1. The molecular weight excluding hydrogens is 298 g/mol. The molecule has 0 aliphatic carbocycles. The Kier molecular flexibility index (Phi) is 6.15. The van der Waals surface area contributed by atoms with E-state index in [0.717, 1.165) is 28.6 Å². The van der Waals surface area contributed by atoms with Crippen LogP contribution in [0.4, 0.5) is 0 Å². The number of hydrogen-bond donors (Lipinski definition) is 1. The van der Waals surface area contributed by atoms with Crippen LogP contribution in [0.2, 0.25) is 0 Å². The monoisotopic (exact) mass is 315 g/mol. The largest absolute Gasteiger partial charge is 0.496 e. The molecule has 0 radical (unpaired) electrons. The summed E-state index contributed by atoms with van der Waals surface area (Å²) in [4.78, 5) is 11.2. The van der Waals surface area contributed by atoms with E-state index in [1.807, 2.05) is 18.2 Å². The van der Waals surface area contributed by atoms with Gasteiger partial charge in [0.1, 0.15) is 11.8 Å². The zero-order chi connectivity index (χ0) is 13.5. The van der Waals surface area contributed by atoms with Crippen LogP contribution in [0.1, 0.15) is 18.4 Å². The van der Waals surface area contributed by atoms with Gasteiger partial charge in [-0.15, -0.1) is 0 Å². The zero-order valence-corrected chi connectivity index (χ0v) is 12.2. The van der Waals surface area contributed by atoms with E-state index in [1.54, 1.807) is 7.11 Å². The van der Waals surface area contributed by atoms with E-state index in [2.05, 4.69) is 20.7 Å². The highest BCUT2D eigenvalue weighted by atomic mass is 79.9. The maximum absolute atomic E-state index is 11.2. The van der Waals surface area contributed by atoms with Crippen LogP contribution in [0, 0.1) is 0 Å². The predicted molar refractivity (Wildman–Crippen MR) is 73.6 cm³/mol. The van der Waals surface area contributed by atoms with Crippen LogP contribution >= 0.6 is 15.9 Å². The van der Waals surface area contributed by atoms with Crippen LogP contribution in [0.25, 0.3) is 0 Å². The second-order valence-electron chi connectivity index (χ2n) is 3.98. The van der Waals surface area contributed by atoms with Crippen molar-refractivity contribution in [2.75, 3.05) is 14.2 Å². The van der Waals surface area contributed by atoms with Gasteiger partial charge in [0, 0.05) is 4.47 Å². The second-order valence-corrected chi connectivity index (χ2v) is 4.89. The molecule has 1 aromatic carbocycles. The first-order valence-electron chi connectivity index (χ1n) is 5.74. The molecule has 1 atom stereocenters. The number of benzene rings is 1. The molecule has 4 nitrogen and oxygen atoms in total. The highest BCUT2D eigenvalue weighted by Gasteiger charge is 2.13. The molecule has 0 saturated carbocycles. The number of halogens is 1. The Morgan fingerprint density at radius 3 is 2.78 bits per heavy atom. The van der Waals surface area contributed by atoms with E-state index in [1.165, 1.54) is 7.11 Å². The average molecular weight is 316 g/mol. The van der Waals surface area contributed by atoms with Gasteiger partial charge in [0.05, 0.1) is 14.2 Å². The molecular formula is C13H18BrNO3. The number of esters is 1. The lowest BCUT2D eigenvalue weighted by atomic mass is 10.0. The fourth-order valence-corrected chi connectivity index (χ4v) is 2.13. The SMILES string of the molecule is COC(=O)C(N)CCCc1cc(Br)ccc1OC. The van der Waals surface area contributed by atoms with Gasteiger partial charge in [0.2, 0.25) is 0 Å². The number of ether oxygens (including phenoxy) is 2. The molecule has 1 rings (SSSR count). The van der Waals surface area contributed by atoms with Crippen LogP contribution in [0.15, 0.2) is 22.7 Å². The van der Waals surface area contributed by atoms with Crippen molar-refractivity contribution in [2.45, 2.75) is 25.3 Å². The van der Waals surface area contributed by atoms with Gasteiger partial charge in [-0.25, -0.2) is 0 Å². The predicted octanol–water partition coefficient (Wildman–Crippen LogP) is 2.28. The minimum absolute atomic E-state index is 0.365. The average Bonchev–Trinajstić information content (AvgIpc) is 2.38. The minimum atomic E-state index is -0.548. The summed E-state index contributed by atoms with van der Waals surface area (Å²) in [5, 5.41) is 0. The lowest BCUT2D eigenvalue weighted by molar-refractivity contribution is -0.142. The van der Waals surface area contributed by atoms with E-state index in [9.17, 15) is 4.79 Å². The topological polar surface area (TPSA) is 61.5 Å². The molecule has 0 aliphatic rings. The maximum Gasteiger partial charge on any atom is 0.322 e. The molecule has 0 saturated heterocycles.